The van der Waals surface area contributed by atoms with E-state index in [1.807, 2.05) is 0 Å². The molecule has 0 aromatic heterocycles. The third-order valence-electron chi connectivity index (χ3n) is 2.85. The molecular weight excluding hydrogens is 272 g/mol. The summed E-state index contributed by atoms with van der Waals surface area (Å²) < 4.78 is 4.74. The van der Waals surface area contributed by atoms with Crippen LogP contribution in [0.25, 0.3) is 0 Å². The number of carbonyl (C=O) groups is 3. The lowest BCUT2D eigenvalue weighted by molar-refractivity contribution is -0.116. The molecule has 0 fully saturated rings. The number of hydrogen-bond donors (Lipinski definition) is 1. The summed E-state index contributed by atoms with van der Waals surface area (Å²) in [7, 11) is 0. The van der Waals surface area contributed by atoms with Crippen LogP contribution in [0.4, 0.5) is 10.5 Å². The first kappa shape index (κ1) is 16.7. The van der Waals surface area contributed by atoms with Crippen LogP contribution in [0.15, 0.2) is 24.3 Å². The monoisotopic (exact) mass is 292 g/mol. The van der Waals surface area contributed by atoms with Crippen LogP contribution in [-0.4, -0.2) is 37.5 Å². The topological polar surface area (TPSA) is 75.7 Å². The van der Waals surface area contributed by atoms with Crippen LogP contribution in [0, 0.1) is 0 Å². The van der Waals surface area contributed by atoms with Crippen molar-refractivity contribution >= 4 is 23.5 Å². The predicted molar refractivity (Wildman–Crippen MR) is 79.5 cm³/mol. The number of ether oxygens (including phenoxy) is 1. The van der Waals surface area contributed by atoms with E-state index in [2.05, 4.69) is 5.32 Å². The zero-order chi connectivity index (χ0) is 15.8. The van der Waals surface area contributed by atoms with Gasteiger partial charge in [-0.1, -0.05) is 0 Å². The van der Waals surface area contributed by atoms with E-state index in [1.165, 1.54) is 18.7 Å². The lowest BCUT2D eigenvalue weighted by Gasteiger charge is -2.21. The number of anilines is 1. The normalized spacial score (nSPS) is 9.86. The Balaban J connectivity index is 2.67. The fourth-order valence-electron chi connectivity index (χ4n) is 1.80. The molecule has 0 unspecified atom stereocenters. The van der Waals surface area contributed by atoms with Gasteiger partial charge < -0.3 is 15.0 Å². The number of hydrogen-bond acceptors (Lipinski definition) is 4. The Hall–Kier alpha value is -2.37. The number of amides is 2. The number of Topliss-reactive ketones (excluding diaryl/α,β-unsaturated/α-hetero) is 1. The van der Waals surface area contributed by atoms with Gasteiger partial charge in [0.15, 0.2) is 5.78 Å². The van der Waals surface area contributed by atoms with Gasteiger partial charge in [-0.3, -0.25) is 9.59 Å². The van der Waals surface area contributed by atoms with Gasteiger partial charge in [-0.05, 0) is 38.1 Å². The second-order valence-corrected chi connectivity index (χ2v) is 4.42. The molecule has 21 heavy (non-hydrogen) atoms. The minimum Gasteiger partial charge on any atom is -0.450 e. The minimum atomic E-state index is -0.507. The summed E-state index contributed by atoms with van der Waals surface area (Å²) in [6, 6.07) is 6.77. The zero-order valence-electron chi connectivity index (χ0n) is 12.5. The van der Waals surface area contributed by atoms with Gasteiger partial charge in [0.2, 0.25) is 5.91 Å². The summed E-state index contributed by atoms with van der Waals surface area (Å²) in [6.45, 7) is 5.57. The van der Waals surface area contributed by atoms with Crippen molar-refractivity contribution < 1.29 is 19.1 Å². The highest BCUT2D eigenvalue weighted by Gasteiger charge is 2.12. The van der Waals surface area contributed by atoms with Crippen LogP contribution in [0.2, 0.25) is 0 Å². The van der Waals surface area contributed by atoms with Crippen molar-refractivity contribution in [2.45, 2.75) is 20.8 Å². The Labute approximate surface area is 124 Å². The average Bonchev–Trinajstić information content (AvgIpc) is 2.43. The smallest absolute Gasteiger partial charge is 0.407 e. The van der Waals surface area contributed by atoms with Crippen molar-refractivity contribution in [2.75, 3.05) is 24.6 Å². The van der Waals surface area contributed by atoms with E-state index in [0.29, 0.717) is 24.4 Å². The Kier molecular flexibility index (Phi) is 6.39. The zero-order valence-corrected chi connectivity index (χ0v) is 12.5. The van der Waals surface area contributed by atoms with Crippen molar-refractivity contribution in [1.82, 2.24) is 5.32 Å². The fourth-order valence-corrected chi connectivity index (χ4v) is 1.80. The van der Waals surface area contributed by atoms with Crippen molar-refractivity contribution in [3.8, 4) is 0 Å². The van der Waals surface area contributed by atoms with Gasteiger partial charge in [0.25, 0.3) is 0 Å². The van der Waals surface area contributed by atoms with Crippen LogP contribution >= 0.6 is 0 Å². The molecule has 0 aliphatic carbocycles. The number of benzene rings is 1. The third kappa shape index (κ3) is 5.25. The van der Waals surface area contributed by atoms with E-state index in [0.717, 1.165) is 0 Å². The molecule has 2 amide bonds. The third-order valence-corrected chi connectivity index (χ3v) is 2.85. The van der Waals surface area contributed by atoms with Crippen LogP contribution < -0.4 is 10.2 Å². The molecule has 1 aromatic rings. The van der Waals surface area contributed by atoms with E-state index in [9.17, 15) is 14.4 Å². The number of rotatable bonds is 6. The van der Waals surface area contributed by atoms with Crippen molar-refractivity contribution in [3.63, 3.8) is 0 Å². The largest absolute Gasteiger partial charge is 0.450 e. The lowest BCUT2D eigenvalue weighted by atomic mass is 10.1. The Bertz CT molecular complexity index is 511. The Morgan fingerprint density at radius 1 is 1.14 bits per heavy atom. The van der Waals surface area contributed by atoms with Crippen molar-refractivity contribution in [2.24, 2.45) is 0 Å². The first-order chi connectivity index (χ1) is 9.95. The number of alkyl carbamates (subject to hydrolysis) is 1. The number of carbonyl (C=O) groups excluding carboxylic acids is 3. The molecule has 0 aliphatic heterocycles. The molecule has 0 bridgehead atoms. The molecule has 0 heterocycles. The maximum absolute atomic E-state index is 11.7. The first-order valence-electron chi connectivity index (χ1n) is 6.75. The molecule has 1 rings (SSSR count). The SMILES string of the molecule is CCOC(=O)NCCN(C(C)=O)c1ccc(C(C)=O)cc1. The standard InChI is InChI=1S/C15H20N2O4/c1-4-21-15(20)16-9-10-17(12(3)19)14-7-5-13(6-8-14)11(2)18/h5-8H,4,9-10H2,1-3H3,(H,16,20). The molecule has 0 atom stereocenters. The minimum absolute atomic E-state index is 0.0279. The molecule has 0 spiro atoms. The Morgan fingerprint density at radius 2 is 1.76 bits per heavy atom. The predicted octanol–water partition coefficient (Wildman–Crippen LogP) is 1.99. The maximum atomic E-state index is 11.7. The number of nitrogens with one attached hydrogen (secondary N) is 1. The highest BCUT2D eigenvalue weighted by molar-refractivity contribution is 5.96. The summed E-state index contributed by atoms with van der Waals surface area (Å²) in [5, 5.41) is 2.56. The van der Waals surface area contributed by atoms with Gasteiger partial charge in [0, 0.05) is 31.3 Å². The van der Waals surface area contributed by atoms with Crippen molar-refractivity contribution in [1.29, 1.82) is 0 Å². The van der Waals surface area contributed by atoms with Gasteiger partial charge in [0.05, 0.1) is 6.61 Å². The summed E-state index contributed by atoms with van der Waals surface area (Å²) in [4.78, 5) is 35.6. The molecular formula is C15H20N2O4. The number of nitrogens with zero attached hydrogens (tertiary/aromatic N) is 1. The lowest BCUT2D eigenvalue weighted by Crippen LogP contribution is -2.37. The molecule has 6 heteroatoms. The molecule has 0 saturated carbocycles. The van der Waals surface area contributed by atoms with Gasteiger partial charge >= 0.3 is 6.09 Å². The van der Waals surface area contributed by atoms with E-state index in [4.69, 9.17) is 4.74 Å². The molecule has 1 aromatic carbocycles. The summed E-state index contributed by atoms with van der Waals surface area (Å²) in [6.07, 6.45) is -0.507. The first-order valence-corrected chi connectivity index (χ1v) is 6.75. The number of ketones is 1. The van der Waals surface area contributed by atoms with Crippen LogP contribution in [-0.2, 0) is 9.53 Å². The van der Waals surface area contributed by atoms with Crippen molar-refractivity contribution in [3.05, 3.63) is 29.8 Å². The van der Waals surface area contributed by atoms with E-state index in [-0.39, 0.29) is 18.2 Å². The van der Waals surface area contributed by atoms with E-state index >= 15 is 0 Å². The molecule has 0 saturated heterocycles. The summed E-state index contributed by atoms with van der Waals surface area (Å²) in [5.74, 6) is -0.170. The Morgan fingerprint density at radius 3 is 2.24 bits per heavy atom. The molecule has 0 aliphatic rings. The van der Waals surface area contributed by atoms with Gasteiger partial charge in [-0.15, -0.1) is 0 Å². The van der Waals surface area contributed by atoms with Crippen LogP contribution in [0.5, 0.6) is 0 Å². The molecule has 114 valence electrons. The second kappa shape index (κ2) is 8.04. The van der Waals surface area contributed by atoms with E-state index in [1.54, 1.807) is 31.2 Å². The second-order valence-electron chi connectivity index (χ2n) is 4.42. The van der Waals surface area contributed by atoms with Gasteiger partial charge in [-0.2, -0.15) is 0 Å². The molecule has 0 radical (unpaired) electrons. The summed E-state index contributed by atoms with van der Waals surface area (Å²) >= 11 is 0. The quantitative estimate of drug-likeness (QED) is 0.814. The summed E-state index contributed by atoms with van der Waals surface area (Å²) in [5.41, 5.74) is 1.27. The molecule has 1 N–H and O–H groups in total. The highest BCUT2D eigenvalue weighted by Crippen LogP contribution is 2.15. The average molecular weight is 292 g/mol. The van der Waals surface area contributed by atoms with Gasteiger partial charge in [-0.25, -0.2) is 4.79 Å². The molecule has 6 nitrogen and oxygen atoms in total. The van der Waals surface area contributed by atoms with Gasteiger partial charge in [0.1, 0.15) is 0 Å². The highest BCUT2D eigenvalue weighted by atomic mass is 16.5. The van der Waals surface area contributed by atoms with Crippen LogP contribution in [0.1, 0.15) is 31.1 Å². The van der Waals surface area contributed by atoms with Crippen LogP contribution in [0.3, 0.4) is 0 Å². The fraction of sp³-hybridized carbons (Fsp3) is 0.400. The van der Waals surface area contributed by atoms with E-state index < -0.39 is 6.09 Å². The maximum Gasteiger partial charge on any atom is 0.407 e.